The predicted octanol–water partition coefficient (Wildman–Crippen LogP) is 1.07. The number of amides is 2. The van der Waals surface area contributed by atoms with Crippen molar-refractivity contribution in [3.8, 4) is 6.07 Å². The van der Waals surface area contributed by atoms with Gasteiger partial charge in [-0.25, -0.2) is 0 Å². The van der Waals surface area contributed by atoms with Crippen molar-refractivity contribution in [3.63, 3.8) is 0 Å². The normalized spacial score (nSPS) is 27.8. The van der Waals surface area contributed by atoms with Gasteiger partial charge in [-0.15, -0.1) is 0 Å². The Balaban J connectivity index is 1.94. The van der Waals surface area contributed by atoms with Gasteiger partial charge < -0.3 is 15.0 Å². The lowest BCUT2D eigenvalue weighted by molar-refractivity contribution is -0.143. The van der Waals surface area contributed by atoms with E-state index in [-0.39, 0.29) is 29.8 Å². The van der Waals surface area contributed by atoms with Crippen molar-refractivity contribution in [2.24, 2.45) is 11.8 Å². The standard InChI is InChI=1S/C16H25N3O3/c1-11(9-17)15(20)18-14-4-3-12(2)19(10-14)16(21)13-5-7-22-8-6-13/h11-14H,3-8,10H2,1-2H3,(H,18,20). The second-order valence-electron chi connectivity index (χ2n) is 6.36. The fraction of sp³-hybridized carbons (Fsp3) is 0.812. The lowest BCUT2D eigenvalue weighted by Gasteiger charge is -2.40. The first kappa shape index (κ1) is 16.8. The Morgan fingerprint density at radius 3 is 2.59 bits per heavy atom. The van der Waals surface area contributed by atoms with Crippen LogP contribution in [0.15, 0.2) is 0 Å². The van der Waals surface area contributed by atoms with Crippen LogP contribution in [0.2, 0.25) is 0 Å². The molecule has 0 aromatic carbocycles. The summed E-state index contributed by atoms with van der Waals surface area (Å²) < 4.78 is 5.32. The van der Waals surface area contributed by atoms with Crippen LogP contribution in [0, 0.1) is 23.2 Å². The van der Waals surface area contributed by atoms with Gasteiger partial charge in [-0.1, -0.05) is 0 Å². The highest BCUT2D eigenvalue weighted by Gasteiger charge is 2.34. The van der Waals surface area contributed by atoms with Gasteiger partial charge >= 0.3 is 0 Å². The molecule has 6 heteroatoms. The molecule has 0 radical (unpaired) electrons. The van der Waals surface area contributed by atoms with E-state index in [1.165, 1.54) is 0 Å². The number of nitrogens with zero attached hydrogens (tertiary/aromatic N) is 2. The molecule has 0 bridgehead atoms. The first-order valence-electron chi connectivity index (χ1n) is 8.11. The Kier molecular flexibility index (Phi) is 5.78. The molecule has 0 aliphatic carbocycles. The van der Waals surface area contributed by atoms with Gasteiger partial charge in [0.05, 0.1) is 6.07 Å². The third-order valence-electron chi connectivity index (χ3n) is 4.67. The minimum absolute atomic E-state index is 0.0451. The van der Waals surface area contributed by atoms with E-state index in [9.17, 15) is 9.59 Å². The van der Waals surface area contributed by atoms with E-state index in [2.05, 4.69) is 12.2 Å². The molecule has 0 aromatic heterocycles. The van der Waals surface area contributed by atoms with Crippen LogP contribution in [-0.2, 0) is 14.3 Å². The second-order valence-corrected chi connectivity index (χ2v) is 6.36. The maximum Gasteiger partial charge on any atom is 0.237 e. The van der Waals surface area contributed by atoms with Gasteiger partial charge in [-0.2, -0.15) is 5.26 Å². The summed E-state index contributed by atoms with van der Waals surface area (Å²) in [4.78, 5) is 26.4. The molecule has 0 aromatic rings. The van der Waals surface area contributed by atoms with E-state index in [0.29, 0.717) is 19.8 Å². The highest BCUT2D eigenvalue weighted by atomic mass is 16.5. The minimum Gasteiger partial charge on any atom is -0.381 e. The van der Waals surface area contributed by atoms with Gasteiger partial charge in [0.15, 0.2) is 0 Å². The molecule has 122 valence electrons. The van der Waals surface area contributed by atoms with Gasteiger partial charge in [0.1, 0.15) is 5.92 Å². The largest absolute Gasteiger partial charge is 0.381 e. The number of likely N-dealkylation sites (tertiary alicyclic amines) is 1. The monoisotopic (exact) mass is 307 g/mol. The van der Waals surface area contributed by atoms with Crippen molar-refractivity contribution in [2.45, 2.75) is 51.6 Å². The Hall–Kier alpha value is -1.61. The highest BCUT2D eigenvalue weighted by molar-refractivity contribution is 5.81. The molecular weight excluding hydrogens is 282 g/mol. The first-order valence-corrected chi connectivity index (χ1v) is 8.11. The van der Waals surface area contributed by atoms with Crippen molar-refractivity contribution in [1.29, 1.82) is 5.26 Å². The van der Waals surface area contributed by atoms with Crippen LogP contribution < -0.4 is 5.32 Å². The van der Waals surface area contributed by atoms with Crippen molar-refractivity contribution in [2.75, 3.05) is 19.8 Å². The average molecular weight is 307 g/mol. The molecule has 1 N–H and O–H groups in total. The molecule has 0 saturated carbocycles. The van der Waals surface area contributed by atoms with E-state index in [1.54, 1.807) is 6.92 Å². The van der Waals surface area contributed by atoms with Crippen LogP contribution in [0.1, 0.15) is 39.5 Å². The molecular formula is C16H25N3O3. The van der Waals surface area contributed by atoms with Gasteiger partial charge in [0, 0.05) is 37.8 Å². The summed E-state index contributed by atoms with van der Waals surface area (Å²) in [5, 5.41) is 11.7. The van der Waals surface area contributed by atoms with Crippen LogP contribution in [0.3, 0.4) is 0 Å². The molecule has 0 spiro atoms. The third-order valence-corrected chi connectivity index (χ3v) is 4.67. The van der Waals surface area contributed by atoms with Gasteiger partial charge in [-0.3, -0.25) is 9.59 Å². The summed E-state index contributed by atoms with van der Waals surface area (Å²) in [6, 6.07) is 2.10. The lowest BCUT2D eigenvalue weighted by atomic mass is 9.93. The van der Waals surface area contributed by atoms with Crippen molar-refractivity contribution < 1.29 is 14.3 Å². The second kappa shape index (κ2) is 7.59. The van der Waals surface area contributed by atoms with Crippen LogP contribution in [0.5, 0.6) is 0 Å². The number of carbonyl (C=O) groups is 2. The third kappa shape index (κ3) is 3.98. The molecule has 2 amide bonds. The predicted molar refractivity (Wildman–Crippen MR) is 80.7 cm³/mol. The molecule has 6 nitrogen and oxygen atoms in total. The number of ether oxygens (including phenoxy) is 1. The van der Waals surface area contributed by atoms with E-state index in [0.717, 1.165) is 25.7 Å². The number of rotatable bonds is 3. The quantitative estimate of drug-likeness (QED) is 0.845. The Labute approximate surface area is 131 Å². The number of hydrogen-bond acceptors (Lipinski definition) is 4. The van der Waals surface area contributed by atoms with E-state index in [1.807, 2.05) is 11.0 Å². The Morgan fingerprint density at radius 2 is 1.95 bits per heavy atom. The highest BCUT2D eigenvalue weighted by Crippen LogP contribution is 2.24. The number of nitrogens with one attached hydrogen (secondary N) is 1. The molecule has 3 unspecified atom stereocenters. The zero-order valence-electron chi connectivity index (χ0n) is 13.4. The maximum absolute atomic E-state index is 12.7. The number of carbonyl (C=O) groups excluding carboxylic acids is 2. The zero-order valence-corrected chi connectivity index (χ0v) is 13.4. The molecule has 2 rings (SSSR count). The molecule has 2 fully saturated rings. The average Bonchev–Trinajstić information content (AvgIpc) is 2.55. The molecule has 3 atom stereocenters. The van der Waals surface area contributed by atoms with Gasteiger partial charge in [0.25, 0.3) is 0 Å². The summed E-state index contributed by atoms with van der Waals surface area (Å²) in [7, 11) is 0. The van der Waals surface area contributed by atoms with Crippen LogP contribution in [-0.4, -0.2) is 48.6 Å². The molecule has 2 heterocycles. The fourth-order valence-electron chi connectivity index (χ4n) is 3.10. The van der Waals surface area contributed by atoms with Gasteiger partial charge in [-0.05, 0) is 39.5 Å². The van der Waals surface area contributed by atoms with Crippen LogP contribution >= 0.6 is 0 Å². The van der Waals surface area contributed by atoms with Crippen LogP contribution in [0.25, 0.3) is 0 Å². The molecule has 2 saturated heterocycles. The van der Waals surface area contributed by atoms with Crippen LogP contribution in [0.4, 0.5) is 0 Å². The SMILES string of the molecule is CC(C#N)C(=O)NC1CCC(C)N(C(=O)C2CCOCC2)C1. The summed E-state index contributed by atoms with van der Waals surface area (Å²) in [5.41, 5.74) is 0. The smallest absolute Gasteiger partial charge is 0.237 e. The number of piperidine rings is 1. The lowest BCUT2D eigenvalue weighted by Crippen LogP contribution is -2.55. The summed E-state index contributed by atoms with van der Waals surface area (Å²) >= 11 is 0. The summed E-state index contributed by atoms with van der Waals surface area (Å²) in [6.07, 6.45) is 3.29. The molecule has 2 aliphatic heterocycles. The fourth-order valence-corrected chi connectivity index (χ4v) is 3.10. The Bertz CT molecular complexity index is 454. The zero-order chi connectivity index (χ0) is 16.1. The van der Waals surface area contributed by atoms with Crippen molar-refractivity contribution in [3.05, 3.63) is 0 Å². The molecule has 22 heavy (non-hydrogen) atoms. The topological polar surface area (TPSA) is 82.4 Å². The minimum atomic E-state index is -0.654. The number of nitriles is 1. The van der Waals surface area contributed by atoms with Crippen molar-refractivity contribution in [1.82, 2.24) is 10.2 Å². The summed E-state index contributed by atoms with van der Waals surface area (Å²) in [5.74, 6) is -0.675. The Morgan fingerprint density at radius 1 is 1.27 bits per heavy atom. The van der Waals surface area contributed by atoms with E-state index >= 15 is 0 Å². The van der Waals surface area contributed by atoms with Gasteiger partial charge in [0.2, 0.25) is 11.8 Å². The summed E-state index contributed by atoms with van der Waals surface area (Å²) in [6.45, 7) is 5.50. The van der Waals surface area contributed by atoms with E-state index in [4.69, 9.17) is 10.00 Å². The number of hydrogen-bond donors (Lipinski definition) is 1. The van der Waals surface area contributed by atoms with E-state index < -0.39 is 5.92 Å². The van der Waals surface area contributed by atoms with Crippen molar-refractivity contribution >= 4 is 11.8 Å². The maximum atomic E-state index is 12.7. The first-order chi connectivity index (χ1) is 10.5. The molecule has 2 aliphatic rings.